The molecule has 5 nitrogen and oxygen atoms in total. The summed E-state index contributed by atoms with van der Waals surface area (Å²) in [6.45, 7) is 12.6. The number of nitrogens with zero attached hydrogens (tertiary/aromatic N) is 1. The molecular weight excluding hydrogens is 438 g/mol. The topological polar surface area (TPSA) is 62.9 Å². The highest BCUT2D eigenvalue weighted by molar-refractivity contribution is 5.91. The van der Waals surface area contributed by atoms with Crippen LogP contribution in [0.15, 0.2) is 46.9 Å². The predicted molar refractivity (Wildman–Crippen MR) is 138 cm³/mol. The standard InChI is InChI=1S/C30H37NO4/c1-18-19(2)28-24(15-16-30(5,6)35-28)20(3)25(18)17-23-13-14-26(34-23)29(33)31(7)21(4)27(32)22-11-9-8-10-12-22/h8-14,21,27,32H,15-17H2,1-7H3/t21-,27-/m1/s1. The van der Waals surface area contributed by atoms with Crippen molar-refractivity contribution in [3.63, 3.8) is 0 Å². The molecule has 2 aromatic carbocycles. The third kappa shape index (κ3) is 4.87. The minimum atomic E-state index is -0.782. The lowest BCUT2D eigenvalue weighted by Gasteiger charge is -2.35. The van der Waals surface area contributed by atoms with E-state index in [1.807, 2.05) is 43.3 Å². The maximum Gasteiger partial charge on any atom is 0.289 e. The maximum absolute atomic E-state index is 13.1. The lowest BCUT2D eigenvalue weighted by molar-refractivity contribution is 0.0460. The predicted octanol–water partition coefficient (Wildman–Crippen LogP) is 6.09. The van der Waals surface area contributed by atoms with E-state index >= 15 is 0 Å². The van der Waals surface area contributed by atoms with Crippen molar-refractivity contribution in [3.05, 3.63) is 87.4 Å². The van der Waals surface area contributed by atoms with E-state index in [-0.39, 0.29) is 17.3 Å². The van der Waals surface area contributed by atoms with Gasteiger partial charge in [0.05, 0.1) is 12.1 Å². The van der Waals surface area contributed by atoms with E-state index in [2.05, 4.69) is 34.6 Å². The molecular formula is C30H37NO4. The fourth-order valence-corrected chi connectivity index (χ4v) is 4.98. The summed E-state index contributed by atoms with van der Waals surface area (Å²) >= 11 is 0. The van der Waals surface area contributed by atoms with E-state index in [1.54, 1.807) is 18.0 Å². The number of aliphatic hydroxyl groups is 1. The fourth-order valence-electron chi connectivity index (χ4n) is 4.98. The Morgan fingerprint density at radius 1 is 1.06 bits per heavy atom. The van der Waals surface area contributed by atoms with Crippen molar-refractivity contribution in [2.45, 2.75) is 78.6 Å². The van der Waals surface area contributed by atoms with Crippen molar-refractivity contribution in [1.82, 2.24) is 4.90 Å². The molecule has 35 heavy (non-hydrogen) atoms. The first-order valence-corrected chi connectivity index (χ1v) is 12.4. The number of hydrogen-bond donors (Lipinski definition) is 1. The fraction of sp³-hybridized carbons (Fsp3) is 0.433. The third-order valence-corrected chi connectivity index (χ3v) is 7.64. The normalized spacial score (nSPS) is 16.2. The van der Waals surface area contributed by atoms with E-state index < -0.39 is 12.1 Å². The van der Waals surface area contributed by atoms with Crippen LogP contribution in [0.5, 0.6) is 5.75 Å². The third-order valence-electron chi connectivity index (χ3n) is 7.64. The number of furan rings is 1. The molecule has 1 aliphatic rings. The van der Waals surface area contributed by atoms with Crippen LogP contribution in [0.25, 0.3) is 0 Å². The quantitative estimate of drug-likeness (QED) is 0.468. The van der Waals surface area contributed by atoms with Crippen LogP contribution in [-0.2, 0) is 12.8 Å². The van der Waals surface area contributed by atoms with Gasteiger partial charge in [-0.05, 0) is 99.9 Å². The van der Waals surface area contributed by atoms with Gasteiger partial charge in [-0.25, -0.2) is 0 Å². The van der Waals surface area contributed by atoms with Crippen molar-refractivity contribution < 1.29 is 19.1 Å². The van der Waals surface area contributed by atoms with Gasteiger partial charge in [0.1, 0.15) is 17.1 Å². The molecule has 1 aliphatic heterocycles. The van der Waals surface area contributed by atoms with Crippen molar-refractivity contribution in [3.8, 4) is 5.75 Å². The van der Waals surface area contributed by atoms with Crippen LogP contribution in [0.2, 0.25) is 0 Å². The molecule has 3 aromatic rings. The number of likely N-dealkylation sites (N-methyl/N-ethyl adjacent to an activating group) is 1. The summed E-state index contributed by atoms with van der Waals surface area (Å²) in [5.74, 6) is 1.82. The van der Waals surface area contributed by atoms with Crippen LogP contribution in [0.1, 0.15) is 83.0 Å². The molecule has 0 spiro atoms. The Kier molecular flexibility index (Phi) is 6.83. The molecule has 1 aromatic heterocycles. The molecule has 4 rings (SSSR count). The highest BCUT2D eigenvalue weighted by atomic mass is 16.5. The number of hydrogen-bond acceptors (Lipinski definition) is 4. The molecule has 5 heteroatoms. The van der Waals surface area contributed by atoms with Gasteiger partial charge < -0.3 is 19.2 Å². The number of carbonyl (C=O) groups excluding carboxylic acids is 1. The average Bonchev–Trinajstić information content (AvgIpc) is 3.32. The summed E-state index contributed by atoms with van der Waals surface area (Å²) < 4.78 is 12.4. The van der Waals surface area contributed by atoms with Gasteiger partial charge in [-0.15, -0.1) is 0 Å². The number of ether oxygens (including phenoxy) is 1. The first kappa shape index (κ1) is 25.1. The Morgan fingerprint density at radius 3 is 2.43 bits per heavy atom. The van der Waals surface area contributed by atoms with Gasteiger partial charge in [-0.3, -0.25) is 4.79 Å². The molecule has 2 heterocycles. The number of rotatable bonds is 6. The van der Waals surface area contributed by atoms with Crippen LogP contribution in [-0.4, -0.2) is 34.6 Å². The lowest BCUT2D eigenvalue weighted by atomic mass is 9.84. The van der Waals surface area contributed by atoms with Crippen molar-refractivity contribution in [2.24, 2.45) is 0 Å². The second-order valence-electron chi connectivity index (χ2n) is 10.5. The Labute approximate surface area is 208 Å². The van der Waals surface area contributed by atoms with Crippen molar-refractivity contribution in [1.29, 1.82) is 0 Å². The molecule has 1 amide bonds. The molecule has 0 bridgehead atoms. The van der Waals surface area contributed by atoms with E-state index in [0.717, 1.165) is 29.9 Å². The molecule has 0 saturated heterocycles. The summed E-state index contributed by atoms with van der Waals surface area (Å²) in [6.07, 6.45) is 1.82. The molecule has 0 fully saturated rings. The van der Waals surface area contributed by atoms with E-state index in [9.17, 15) is 9.90 Å². The summed E-state index contributed by atoms with van der Waals surface area (Å²) in [5, 5.41) is 10.7. The Bertz CT molecular complexity index is 1220. The lowest BCUT2D eigenvalue weighted by Crippen LogP contribution is -2.38. The van der Waals surface area contributed by atoms with E-state index in [1.165, 1.54) is 27.8 Å². The van der Waals surface area contributed by atoms with Crippen LogP contribution < -0.4 is 4.74 Å². The first-order chi connectivity index (χ1) is 16.5. The largest absolute Gasteiger partial charge is 0.487 e. The summed E-state index contributed by atoms with van der Waals surface area (Å²) in [5.41, 5.74) is 6.79. The Hall–Kier alpha value is -3.05. The molecule has 1 N–H and O–H groups in total. The number of fused-ring (bicyclic) bond motifs is 1. The summed E-state index contributed by atoms with van der Waals surface area (Å²) in [6, 6.07) is 12.6. The van der Waals surface area contributed by atoms with Crippen LogP contribution in [0.4, 0.5) is 0 Å². The van der Waals surface area contributed by atoms with Crippen LogP contribution in [0.3, 0.4) is 0 Å². The average molecular weight is 476 g/mol. The Morgan fingerprint density at radius 2 is 1.74 bits per heavy atom. The second-order valence-corrected chi connectivity index (χ2v) is 10.5. The minimum Gasteiger partial charge on any atom is -0.487 e. The minimum absolute atomic E-state index is 0.147. The zero-order valence-corrected chi connectivity index (χ0v) is 21.9. The van der Waals surface area contributed by atoms with Crippen LogP contribution >= 0.6 is 0 Å². The number of aliphatic hydroxyl groups excluding tert-OH is 1. The zero-order valence-electron chi connectivity index (χ0n) is 21.9. The van der Waals surface area contributed by atoms with Gasteiger partial charge in [-0.1, -0.05) is 30.3 Å². The molecule has 0 saturated carbocycles. The molecule has 186 valence electrons. The number of carbonyl (C=O) groups is 1. The van der Waals surface area contributed by atoms with E-state index in [4.69, 9.17) is 9.15 Å². The molecule has 0 aliphatic carbocycles. The highest BCUT2D eigenvalue weighted by Crippen LogP contribution is 2.41. The second kappa shape index (κ2) is 9.54. The number of amides is 1. The summed E-state index contributed by atoms with van der Waals surface area (Å²) in [7, 11) is 1.70. The van der Waals surface area contributed by atoms with Gasteiger partial charge in [0.25, 0.3) is 5.91 Å². The van der Waals surface area contributed by atoms with Gasteiger partial charge >= 0.3 is 0 Å². The van der Waals surface area contributed by atoms with Crippen LogP contribution in [0, 0.1) is 20.8 Å². The Balaban J connectivity index is 1.54. The van der Waals surface area contributed by atoms with Gasteiger partial charge in [0, 0.05) is 13.5 Å². The first-order valence-electron chi connectivity index (χ1n) is 12.4. The molecule has 2 atom stereocenters. The molecule has 0 unspecified atom stereocenters. The smallest absolute Gasteiger partial charge is 0.289 e. The van der Waals surface area contributed by atoms with Gasteiger partial charge in [-0.2, -0.15) is 0 Å². The van der Waals surface area contributed by atoms with Gasteiger partial charge in [0.15, 0.2) is 5.76 Å². The monoisotopic (exact) mass is 475 g/mol. The summed E-state index contributed by atoms with van der Waals surface area (Å²) in [4.78, 5) is 14.7. The van der Waals surface area contributed by atoms with Gasteiger partial charge in [0.2, 0.25) is 0 Å². The highest BCUT2D eigenvalue weighted by Gasteiger charge is 2.31. The van der Waals surface area contributed by atoms with E-state index in [0.29, 0.717) is 6.42 Å². The van der Waals surface area contributed by atoms with Crippen molar-refractivity contribution >= 4 is 5.91 Å². The SMILES string of the molecule is Cc1c(C)c2c(c(C)c1Cc1ccc(C(=O)N(C)[C@H](C)[C@@H](O)c3ccccc3)o1)CCC(C)(C)O2. The molecule has 0 radical (unpaired) electrons. The number of benzene rings is 2. The van der Waals surface area contributed by atoms with Crippen molar-refractivity contribution in [2.75, 3.05) is 7.05 Å². The maximum atomic E-state index is 13.1. The zero-order chi connectivity index (χ0) is 25.5.